The zero-order valence-corrected chi connectivity index (χ0v) is 20.3. The lowest BCUT2D eigenvalue weighted by atomic mass is 9.88. The van der Waals surface area contributed by atoms with Gasteiger partial charge in [0, 0.05) is 30.3 Å². The second-order valence-electron chi connectivity index (χ2n) is 8.91. The van der Waals surface area contributed by atoms with Crippen LogP contribution in [0, 0.1) is 5.92 Å². The third-order valence-corrected chi connectivity index (χ3v) is 7.51. The van der Waals surface area contributed by atoms with Crippen molar-refractivity contribution in [2.45, 2.75) is 36.6 Å². The van der Waals surface area contributed by atoms with Gasteiger partial charge in [-0.1, -0.05) is 78.9 Å². The van der Waals surface area contributed by atoms with Crippen LogP contribution in [-0.2, 0) is 11.3 Å². The Kier molecular flexibility index (Phi) is 8.62. The number of piperidine rings is 1. The van der Waals surface area contributed by atoms with E-state index in [-0.39, 0.29) is 11.8 Å². The zero-order valence-electron chi connectivity index (χ0n) is 19.5. The molecule has 0 saturated carbocycles. The van der Waals surface area contributed by atoms with Gasteiger partial charge in [0.1, 0.15) is 0 Å². The van der Waals surface area contributed by atoms with Crippen LogP contribution in [0.2, 0.25) is 0 Å². The van der Waals surface area contributed by atoms with Crippen LogP contribution in [0.15, 0.2) is 89.8 Å². The Morgan fingerprint density at radius 3 is 2.09 bits per heavy atom. The number of nitrogens with one attached hydrogen (secondary N) is 1. The first kappa shape index (κ1) is 23.6. The van der Waals surface area contributed by atoms with E-state index in [4.69, 9.17) is 0 Å². The highest BCUT2D eigenvalue weighted by molar-refractivity contribution is 7.98. The van der Waals surface area contributed by atoms with Gasteiger partial charge >= 0.3 is 0 Å². The van der Waals surface area contributed by atoms with E-state index >= 15 is 0 Å². The van der Waals surface area contributed by atoms with Crippen LogP contribution in [0.1, 0.15) is 41.9 Å². The van der Waals surface area contributed by atoms with Gasteiger partial charge in [0.05, 0.1) is 0 Å². The number of amides is 1. The molecule has 0 aliphatic carbocycles. The van der Waals surface area contributed by atoms with E-state index in [2.05, 4.69) is 89.3 Å². The molecular weight excluding hydrogens is 424 g/mol. The number of carbonyl (C=O) groups excluding carboxylic acids is 1. The van der Waals surface area contributed by atoms with Gasteiger partial charge in [0.25, 0.3) is 0 Å². The average molecular weight is 459 g/mol. The molecule has 172 valence electrons. The van der Waals surface area contributed by atoms with Crippen molar-refractivity contribution in [2.24, 2.45) is 5.92 Å². The number of hydrogen-bond donors (Lipinski definition) is 1. The van der Waals surface area contributed by atoms with Crippen LogP contribution < -0.4 is 5.32 Å². The summed E-state index contributed by atoms with van der Waals surface area (Å²) in [5.41, 5.74) is 3.81. The summed E-state index contributed by atoms with van der Waals surface area (Å²) in [5.74, 6) is 0.794. The van der Waals surface area contributed by atoms with Crippen molar-refractivity contribution in [3.05, 3.63) is 102 Å². The standard InChI is InChI=1S/C29H34N2OS/c1-33-28-15-9-8-14-26(28)22-31-18-16-23(17-19-31)21-30-29(32)20-27(24-10-4-2-5-11-24)25-12-6-3-7-13-25/h2-15,23,27H,16-22H2,1H3,(H,30,32). The Labute approximate surface area is 202 Å². The first-order valence-electron chi connectivity index (χ1n) is 11.9. The number of hydrogen-bond acceptors (Lipinski definition) is 3. The number of rotatable bonds is 9. The van der Waals surface area contributed by atoms with Gasteiger partial charge in [0.2, 0.25) is 5.91 Å². The van der Waals surface area contributed by atoms with Crippen molar-refractivity contribution >= 4 is 17.7 Å². The topological polar surface area (TPSA) is 32.3 Å². The highest BCUT2D eigenvalue weighted by Gasteiger charge is 2.22. The summed E-state index contributed by atoms with van der Waals surface area (Å²) in [5, 5.41) is 3.24. The van der Waals surface area contributed by atoms with Crippen LogP contribution >= 0.6 is 11.8 Å². The lowest BCUT2D eigenvalue weighted by Crippen LogP contribution is -2.38. The maximum absolute atomic E-state index is 12.9. The number of thioether (sulfide) groups is 1. The smallest absolute Gasteiger partial charge is 0.220 e. The predicted molar refractivity (Wildman–Crippen MR) is 139 cm³/mol. The van der Waals surface area contributed by atoms with Crippen molar-refractivity contribution in [2.75, 3.05) is 25.9 Å². The van der Waals surface area contributed by atoms with Gasteiger partial charge < -0.3 is 5.32 Å². The summed E-state index contributed by atoms with van der Waals surface area (Å²) in [7, 11) is 0. The second-order valence-corrected chi connectivity index (χ2v) is 9.76. The quantitative estimate of drug-likeness (QED) is 0.402. The molecule has 1 aliphatic rings. The van der Waals surface area contributed by atoms with E-state index in [0.717, 1.165) is 39.0 Å². The molecule has 1 amide bonds. The molecule has 1 fully saturated rings. The van der Waals surface area contributed by atoms with Gasteiger partial charge in [-0.25, -0.2) is 0 Å². The van der Waals surface area contributed by atoms with Crippen molar-refractivity contribution in [1.82, 2.24) is 10.2 Å². The Hall–Kier alpha value is -2.56. The number of benzene rings is 3. The van der Waals surface area contributed by atoms with E-state index in [9.17, 15) is 4.79 Å². The minimum Gasteiger partial charge on any atom is -0.356 e. The van der Waals surface area contributed by atoms with Crippen molar-refractivity contribution < 1.29 is 4.79 Å². The van der Waals surface area contributed by atoms with Crippen molar-refractivity contribution in [3.63, 3.8) is 0 Å². The highest BCUT2D eigenvalue weighted by Crippen LogP contribution is 2.28. The summed E-state index contributed by atoms with van der Waals surface area (Å²) in [6.45, 7) is 4.00. The molecule has 1 heterocycles. The Morgan fingerprint density at radius 1 is 0.909 bits per heavy atom. The fourth-order valence-electron chi connectivity index (χ4n) is 4.74. The summed E-state index contributed by atoms with van der Waals surface area (Å²) >= 11 is 1.82. The predicted octanol–water partition coefficient (Wildman–Crippen LogP) is 5.96. The maximum atomic E-state index is 12.9. The van der Waals surface area contributed by atoms with E-state index in [0.29, 0.717) is 12.3 Å². The molecule has 0 spiro atoms. The molecule has 0 radical (unpaired) electrons. The number of nitrogens with zero attached hydrogens (tertiary/aromatic N) is 1. The SMILES string of the molecule is CSc1ccccc1CN1CCC(CNC(=O)CC(c2ccccc2)c2ccccc2)CC1. The van der Waals surface area contributed by atoms with Gasteiger partial charge in [-0.3, -0.25) is 9.69 Å². The minimum absolute atomic E-state index is 0.0887. The Bertz CT molecular complexity index is 961. The van der Waals surface area contributed by atoms with Crippen LogP contribution in [0.3, 0.4) is 0 Å². The summed E-state index contributed by atoms with van der Waals surface area (Å²) < 4.78 is 0. The number of carbonyl (C=O) groups is 1. The summed E-state index contributed by atoms with van der Waals surface area (Å²) in [4.78, 5) is 16.8. The van der Waals surface area contributed by atoms with Gasteiger partial charge in [0.15, 0.2) is 0 Å². The first-order chi connectivity index (χ1) is 16.2. The lowest BCUT2D eigenvalue weighted by molar-refractivity contribution is -0.121. The zero-order chi connectivity index (χ0) is 22.9. The molecule has 4 heteroatoms. The van der Waals surface area contributed by atoms with E-state index in [1.165, 1.54) is 21.6 Å². The van der Waals surface area contributed by atoms with Crippen molar-refractivity contribution in [3.8, 4) is 0 Å². The molecule has 1 N–H and O–H groups in total. The largest absolute Gasteiger partial charge is 0.356 e. The number of likely N-dealkylation sites (tertiary alicyclic amines) is 1. The molecule has 1 saturated heterocycles. The van der Waals surface area contributed by atoms with Gasteiger partial charge in [-0.05, 0) is 60.9 Å². The fourth-order valence-corrected chi connectivity index (χ4v) is 5.35. The molecule has 0 aromatic heterocycles. The van der Waals surface area contributed by atoms with Crippen LogP contribution in [0.4, 0.5) is 0 Å². The molecule has 4 rings (SSSR count). The lowest BCUT2D eigenvalue weighted by Gasteiger charge is -2.32. The van der Waals surface area contributed by atoms with Crippen LogP contribution in [0.5, 0.6) is 0 Å². The Morgan fingerprint density at radius 2 is 1.48 bits per heavy atom. The fraction of sp³-hybridized carbons (Fsp3) is 0.345. The molecule has 0 atom stereocenters. The summed E-state index contributed by atoms with van der Waals surface area (Å²) in [6, 6.07) is 29.4. The van der Waals surface area contributed by atoms with E-state index in [1.54, 1.807) is 0 Å². The highest BCUT2D eigenvalue weighted by atomic mass is 32.2. The normalized spacial score (nSPS) is 15.0. The van der Waals surface area contributed by atoms with E-state index in [1.807, 2.05) is 23.9 Å². The first-order valence-corrected chi connectivity index (χ1v) is 13.2. The minimum atomic E-state index is 0.0887. The molecule has 3 nitrogen and oxygen atoms in total. The van der Waals surface area contributed by atoms with Gasteiger partial charge in [-0.2, -0.15) is 0 Å². The molecular formula is C29H34N2OS. The molecule has 3 aromatic rings. The summed E-state index contributed by atoms with van der Waals surface area (Å²) in [6.07, 6.45) is 4.91. The van der Waals surface area contributed by atoms with Crippen LogP contribution in [0.25, 0.3) is 0 Å². The molecule has 3 aromatic carbocycles. The average Bonchev–Trinajstić information content (AvgIpc) is 2.88. The third kappa shape index (κ3) is 6.72. The monoisotopic (exact) mass is 458 g/mol. The third-order valence-electron chi connectivity index (χ3n) is 6.67. The van der Waals surface area contributed by atoms with Crippen LogP contribution in [-0.4, -0.2) is 36.7 Å². The van der Waals surface area contributed by atoms with Gasteiger partial charge in [-0.15, -0.1) is 11.8 Å². The Balaban J connectivity index is 1.27. The second kappa shape index (κ2) is 12.1. The molecule has 33 heavy (non-hydrogen) atoms. The maximum Gasteiger partial charge on any atom is 0.220 e. The van der Waals surface area contributed by atoms with Crippen molar-refractivity contribution in [1.29, 1.82) is 0 Å². The van der Waals surface area contributed by atoms with E-state index < -0.39 is 0 Å². The molecule has 0 unspecified atom stereocenters. The molecule has 0 bridgehead atoms. The molecule has 1 aliphatic heterocycles.